The van der Waals surface area contributed by atoms with Crippen LogP contribution in [-0.2, 0) is 16.6 Å². The van der Waals surface area contributed by atoms with E-state index in [9.17, 15) is 26.8 Å². The quantitative estimate of drug-likeness (QED) is 0.377. The van der Waals surface area contributed by atoms with E-state index in [0.717, 1.165) is 18.2 Å². The zero-order valence-electron chi connectivity index (χ0n) is 17.7. The Balaban J connectivity index is 2.09. The number of aromatic amines is 1. The molecule has 176 valence electrons. The molecule has 0 radical (unpaired) electrons. The molecule has 2 heterocycles. The Morgan fingerprint density at radius 2 is 1.91 bits per heavy atom. The molecule has 0 saturated carbocycles. The van der Waals surface area contributed by atoms with Crippen LogP contribution in [0, 0.1) is 11.6 Å². The van der Waals surface area contributed by atoms with Crippen LogP contribution in [0.4, 0.5) is 8.78 Å². The van der Waals surface area contributed by atoms with Gasteiger partial charge in [-0.05, 0) is 55.5 Å². The van der Waals surface area contributed by atoms with E-state index in [0.29, 0.717) is 15.4 Å². The van der Waals surface area contributed by atoms with Gasteiger partial charge in [-0.2, -0.15) is 0 Å². The number of amides is 1. The van der Waals surface area contributed by atoms with Gasteiger partial charge in [0.1, 0.15) is 17.3 Å². The summed E-state index contributed by atoms with van der Waals surface area (Å²) in [7, 11) is -3.97. The summed E-state index contributed by atoms with van der Waals surface area (Å²) < 4.78 is 56.8. The molecular weight excluding hydrogens is 532 g/mol. The van der Waals surface area contributed by atoms with Crippen LogP contribution in [0.3, 0.4) is 0 Å². The second kappa shape index (κ2) is 9.15. The first kappa shape index (κ1) is 23.8. The lowest BCUT2D eigenvalue weighted by atomic mass is 10.0. The second-order valence-electron chi connectivity index (χ2n) is 7.45. The third-order valence-corrected chi connectivity index (χ3v) is 7.04. The zero-order chi connectivity index (χ0) is 24.6. The predicted molar refractivity (Wildman–Crippen MR) is 128 cm³/mol. The summed E-state index contributed by atoms with van der Waals surface area (Å²) in [6.45, 7) is 1.08. The highest BCUT2D eigenvalue weighted by molar-refractivity contribution is 9.10. The third-order valence-electron chi connectivity index (χ3n) is 5.29. The van der Waals surface area contributed by atoms with Gasteiger partial charge in [-0.15, -0.1) is 0 Å². The molecule has 7 nitrogen and oxygen atoms in total. The molecule has 0 unspecified atom stereocenters. The summed E-state index contributed by atoms with van der Waals surface area (Å²) in [5.41, 5.74) is -0.0388. The predicted octanol–water partition coefficient (Wildman–Crippen LogP) is 4.17. The van der Waals surface area contributed by atoms with E-state index in [2.05, 4.69) is 20.9 Å². The maximum Gasteiger partial charge on any atom is 0.282 e. The van der Waals surface area contributed by atoms with Gasteiger partial charge in [-0.25, -0.2) is 21.9 Å². The third kappa shape index (κ3) is 4.53. The summed E-state index contributed by atoms with van der Waals surface area (Å²) in [6.07, 6.45) is 1.42. The number of aromatic nitrogens is 2. The van der Waals surface area contributed by atoms with E-state index in [1.54, 1.807) is 24.3 Å². The van der Waals surface area contributed by atoms with Crippen LogP contribution in [0.5, 0.6) is 0 Å². The van der Waals surface area contributed by atoms with Crippen LogP contribution >= 0.6 is 15.9 Å². The molecule has 0 spiro atoms. The maximum absolute atomic E-state index is 14.5. The molecule has 2 aromatic heterocycles. The molecular formula is C23H18BrF2N3O4S. The summed E-state index contributed by atoms with van der Waals surface area (Å²) in [5, 5.41) is 0.446. The fourth-order valence-electron chi connectivity index (χ4n) is 3.71. The summed E-state index contributed by atoms with van der Waals surface area (Å²) in [6, 6.07) is 11.0. The number of sulfonamides is 1. The minimum atomic E-state index is -3.97. The van der Waals surface area contributed by atoms with Gasteiger partial charge >= 0.3 is 0 Å². The molecule has 34 heavy (non-hydrogen) atoms. The van der Waals surface area contributed by atoms with Gasteiger partial charge in [0.2, 0.25) is 10.0 Å². The molecule has 0 saturated heterocycles. The van der Waals surface area contributed by atoms with Gasteiger partial charge in [0.15, 0.2) is 0 Å². The number of carbonyl (C=O) groups is 1. The number of hydrogen-bond acceptors (Lipinski definition) is 4. The SMILES string of the molecule is CCS(=O)(=O)NC(=O)c1c(-c2ccc[nH]c2=O)c2cc(Br)ccc2n1Cc1cc(F)ccc1F. The Morgan fingerprint density at radius 3 is 2.62 bits per heavy atom. The molecule has 0 aliphatic rings. The van der Waals surface area contributed by atoms with Gasteiger partial charge in [0, 0.05) is 38.3 Å². The first-order valence-corrected chi connectivity index (χ1v) is 12.5. The smallest absolute Gasteiger partial charge is 0.282 e. The molecule has 2 N–H and O–H groups in total. The number of halogens is 3. The number of nitrogens with zero attached hydrogens (tertiary/aromatic N) is 1. The van der Waals surface area contributed by atoms with Crippen LogP contribution < -0.4 is 10.3 Å². The van der Waals surface area contributed by atoms with E-state index < -0.39 is 33.1 Å². The van der Waals surface area contributed by atoms with E-state index in [1.165, 1.54) is 23.8 Å². The highest BCUT2D eigenvalue weighted by atomic mass is 79.9. The normalized spacial score (nSPS) is 11.6. The standard InChI is InChI=1S/C23H18BrF2N3O4S/c1-2-34(32,33)28-23(31)21-20(16-4-3-9-27-22(16)30)17-11-14(24)5-8-19(17)29(21)12-13-10-15(25)6-7-18(13)26/h3-11H,2,12H2,1H3,(H,27,30)(H,28,31). The van der Waals surface area contributed by atoms with E-state index in [1.807, 2.05) is 4.72 Å². The number of benzene rings is 2. The lowest BCUT2D eigenvalue weighted by Gasteiger charge is -2.13. The highest BCUT2D eigenvalue weighted by Gasteiger charge is 2.28. The van der Waals surface area contributed by atoms with E-state index >= 15 is 0 Å². The van der Waals surface area contributed by atoms with Crippen molar-refractivity contribution in [3.63, 3.8) is 0 Å². The number of pyridine rings is 1. The number of rotatable bonds is 6. The molecule has 4 aromatic rings. The number of fused-ring (bicyclic) bond motifs is 1. The Labute approximate surface area is 201 Å². The van der Waals surface area contributed by atoms with Gasteiger partial charge in [0.25, 0.3) is 11.5 Å². The van der Waals surface area contributed by atoms with Crippen molar-refractivity contribution in [2.75, 3.05) is 5.75 Å². The van der Waals surface area contributed by atoms with Crippen LogP contribution in [0.15, 0.2) is 64.0 Å². The molecule has 0 atom stereocenters. The average Bonchev–Trinajstić information content (AvgIpc) is 3.09. The molecule has 0 aliphatic heterocycles. The van der Waals surface area contributed by atoms with Crippen molar-refractivity contribution >= 4 is 42.8 Å². The molecule has 0 aliphatic carbocycles. The molecule has 0 fully saturated rings. The van der Waals surface area contributed by atoms with Crippen molar-refractivity contribution < 1.29 is 22.0 Å². The average molecular weight is 550 g/mol. The van der Waals surface area contributed by atoms with Crippen molar-refractivity contribution in [2.24, 2.45) is 0 Å². The van der Waals surface area contributed by atoms with E-state index in [-0.39, 0.29) is 34.7 Å². The van der Waals surface area contributed by atoms with Crippen LogP contribution in [0.2, 0.25) is 0 Å². The van der Waals surface area contributed by atoms with Crippen molar-refractivity contribution in [2.45, 2.75) is 13.5 Å². The minimum Gasteiger partial charge on any atom is -0.331 e. The maximum atomic E-state index is 14.5. The topological polar surface area (TPSA) is 101 Å². The van der Waals surface area contributed by atoms with Gasteiger partial charge in [0.05, 0.1) is 12.3 Å². The van der Waals surface area contributed by atoms with Crippen LogP contribution in [0.25, 0.3) is 22.0 Å². The number of nitrogens with one attached hydrogen (secondary N) is 2. The Bertz CT molecular complexity index is 1600. The first-order valence-electron chi connectivity index (χ1n) is 10.1. The summed E-state index contributed by atoms with van der Waals surface area (Å²) >= 11 is 3.38. The minimum absolute atomic E-state index is 0.0549. The van der Waals surface area contributed by atoms with Gasteiger partial charge in [-0.3, -0.25) is 9.59 Å². The van der Waals surface area contributed by atoms with Crippen molar-refractivity contribution in [1.82, 2.24) is 14.3 Å². The first-order chi connectivity index (χ1) is 16.1. The van der Waals surface area contributed by atoms with Crippen LogP contribution in [0.1, 0.15) is 23.0 Å². The van der Waals surface area contributed by atoms with Crippen molar-refractivity contribution in [1.29, 1.82) is 0 Å². The zero-order valence-corrected chi connectivity index (χ0v) is 20.1. The fraction of sp³-hybridized carbons (Fsp3) is 0.130. The Kier molecular flexibility index (Phi) is 6.41. The molecule has 11 heteroatoms. The molecule has 0 bridgehead atoms. The van der Waals surface area contributed by atoms with Crippen molar-refractivity contribution in [3.05, 3.63) is 92.4 Å². The number of H-pyrrole nitrogens is 1. The van der Waals surface area contributed by atoms with E-state index in [4.69, 9.17) is 0 Å². The molecule has 4 rings (SSSR count). The molecule has 1 amide bonds. The van der Waals surface area contributed by atoms with Gasteiger partial charge < -0.3 is 9.55 Å². The highest BCUT2D eigenvalue weighted by Crippen LogP contribution is 2.36. The Morgan fingerprint density at radius 1 is 1.15 bits per heavy atom. The summed E-state index contributed by atoms with van der Waals surface area (Å²) in [5.74, 6) is -2.73. The second-order valence-corrected chi connectivity index (χ2v) is 10.4. The van der Waals surface area contributed by atoms with Crippen molar-refractivity contribution in [3.8, 4) is 11.1 Å². The number of carbonyl (C=O) groups excluding carboxylic acids is 1. The fourth-order valence-corrected chi connectivity index (χ4v) is 4.60. The number of hydrogen-bond donors (Lipinski definition) is 2. The van der Waals surface area contributed by atoms with Gasteiger partial charge in [-0.1, -0.05) is 15.9 Å². The lowest BCUT2D eigenvalue weighted by molar-refractivity contribution is 0.0974. The monoisotopic (exact) mass is 549 g/mol. The van der Waals surface area contributed by atoms with Crippen LogP contribution in [-0.4, -0.2) is 29.6 Å². The Hall–Kier alpha value is -3.31. The molecule has 2 aromatic carbocycles. The largest absolute Gasteiger partial charge is 0.331 e. The summed E-state index contributed by atoms with van der Waals surface area (Å²) in [4.78, 5) is 28.6. The lowest BCUT2D eigenvalue weighted by Crippen LogP contribution is -2.33.